The lowest BCUT2D eigenvalue weighted by Gasteiger charge is -2.11. The Labute approximate surface area is 177 Å². The molecule has 142 valence electrons. The van der Waals surface area contributed by atoms with Crippen LogP contribution in [-0.2, 0) is 13.0 Å². The number of hydrogen-bond acceptors (Lipinski definition) is 3. The Morgan fingerprint density at radius 1 is 1.04 bits per heavy atom. The third kappa shape index (κ3) is 6.67. The molecular weight excluding hydrogens is 451 g/mol. The van der Waals surface area contributed by atoms with E-state index in [1.54, 1.807) is 17.1 Å². The Balaban J connectivity index is 0.00000261. The quantitative estimate of drug-likeness (QED) is 0.312. The molecule has 2 N–H and O–H groups in total. The topological polar surface area (TPSA) is 67.1 Å². The minimum atomic E-state index is 0. The summed E-state index contributed by atoms with van der Waals surface area (Å²) in [4.78, 5) is 9.02. The number of hydrogen-bond donors (Lipinski definition) is 2. The van der Waals surface area contributed by atoms with Gasteiger partial charge in [-0.05, 0) is 42.7 Å². The van der Waals surface area contributed by atoms with Gasteiger partial charge in [0, 0.05) is 31.7 Å². The van der Waals surface area contributed by atoms with Gasteiger partial charge in [0.2, 0.25) is 0 Å². The Hall–Kier alpha value is -2.42. The van der Waals surface area contributed by atoms with Gasteiger partial charge in [-0.1, -0.05) is 30.3 Å². The van der Waals surface area contributed by atoms with Crippen LogP contribution >= 0.6 is 24.0 Å². The molecule has 3 rings (SSSR count). The summed E-state index contributed by atoms with van der Waals surface area (Å²) in [6.45, 7) is 4.31. The van der Waals surface area contributed by atoms with Crippen molar-refractivity contribution in [2.24, 2.45) is 4.99 Å². The molecule has 0 bridgehead atoms. The average Bonchev–Trinajstić information content (AvgIpc) is 3.22. The number of rotatable bonds is 7. The van der Waals surface area contributed by atoms with E-state index in [-0.39, 0.29) is 24.0 Å². The molecule has 0 aliphatic carbocycles. The standard InChI is InChI=1S/C20H24N6.HI/c1-2-21-20(23-13-9-17-7-4-3-5-8-17)24-16-18-10-12-22-19(15-18)26-14-6-11-25-26;/h3-8,10-12,14-15H,2,9,13,16H2,1H3,(H2,21,23,24);1H. The monoisotopic (exact) mass is 476 g/mol. The second-order valence-corrected chi connectivity index (χ2v) is 5.83. The fourth-order valence-corrected chi connectivity index (χ4v) is 2.57. The Morgan fingerprint density at radius 2 is 1.89 bits per heavy atom. The van der Waals surface area contributed by atoms with Crippen LogP contribution in [0.4, 0.5) is 0 Å². The first-order chi connectivity index (χ1) is 12.8. The normalized spacial score (nSPS) is 10.9. The van der Waals surface area contributed by atoms with Gasteiger partial charge < -0.3 is 10.6 Å². The van der Waals surface area contributed by atoms with Crippen LogP contribution in [0.25, 0.3) is 5.82 Å². The highest BCUT2D eigenvalue weighted by Crippen LogP contribution is 2.07. The molecule has 0 unspecified atom stereocenters. The van der Waals surface area contributed by atoms with E-state index in [0.717, 1.165) is 36.9 Å². The van der Waals surface area contributed by atoms with Crippen LogP contribution in [0, 0.1) is 0 Å². The molecule has 0 spiro atoms. The van der Waals surface area contributed by atoms with Gasteiger partial charge in [-0.2, -0.15) is 5.10 Å². The summed E-state index contributed by atoms with van der Waals surface area (Å²) in [7, 11) is 0. The van der Waals surface area contributed by atoms with E-state index in [4.69, 9.17) is 0 Å². The van der Waals surface area contributed by atoms with Crippen molar-refractivity contribution in [1.82, 2.24) is 25.4 Å². The van der Waals surface area contributed by atoms with Crippen LogP contribution in [0.1, 0.15) is 18.1 Å². The number of aliphatic imine (C=N–C) groups is 1. The molecule has 1 aromatic carbocycles. The van der Waals surface area contributed by atoms with Gasteiger partial charge in [-0.3, -0.25) is 0 Å². The molecule has 0 fully saturated rings. The first-order valence-corrected chi connectivity index (χ1v) is 8.86. The van der Waals surface area contributed by atoms with Crippen molar-refractivity contribution in [2.45, 2.75) is 19.9 Å². The van der Waals surface area contributed by atoms with E-state index in [1.807, 2.05) is 30.5 Å². The lowest BCUT2D eigenvalue weighted by atomic mass is 10.1. The van der Waals surface area contributed by atoms with Gasteiger partial charge in [-0.25, -0.2) is 14.7 Å². The van der Waals surface area contributed by atoms with Crippen molar-refractivity contribution in [3.63, 3.8) is 0 Å². The lowest BCUT2D eigenvalue weighted by Crippen LogP contribution is -2.38. The van der Waals surface area contributed by atoms with E-state index in [9.17, 15) is 0 Å². The molecule has 0 saturated carbocycles. The molecule has 27 heavy (non-hydrogen) atoms. The Bertz CT molecular complexity index is 818. The maximum atomic E-state index is 4.67. The van der Waals surface area contributed by atoms with Crippen molar-refractivity contribution in [1.29, 1.82) is 0 Å². The van der Waals surface area contributed by atoms with Crippen molar-refractivity contribution < 1.29 is 0 Å². The molecule has 2 heterocycles. The summed E-state index contributed by atoms with van der Waals surface area (Å²) >= 11 is 0. The van der Waals surface area contributed by atoms with Crippen molar-refractivity contribution in [2.75, 3.05) is 13.1 Å². The van der Waals surface area contributed by atoms with Crippen molar-refractivity contribution in [3.05, 3.63) is 78.2 Å². The first-order valence-electron chi connectivity index (χ1n) is 8.86. The highest BCUT2D eigenvalue weighted by molar-refractivity contribution is 14.0. The largest absolute Gasteiger partial charge is 0.357 e. The predicted octanol–water partition coefficient (Wildman–Crippen LogP) is 3.18. The molecule has 7 heteroatoms. The van der Waals surface area contributed by atoms with E-state index in [1.165, 1.54) is 5.56 Å². The molecule has 6 nitrogen and oxygen atoms in total. The smallest absolute Gasteiger partial charge is 0.191 e. The van der Waals surface area contributed by atoms with Gasteiger partial charge in [0.1, 0.15) is 0 Å². The summed E-state index contributed by atoms with van der Waals surface area (Å²) in [6, 6.07) is 16.3. The number of guanidine groups is 1. The second-order valence-electron chi connectivity index (χ2n) is 5.83. The molecule has 0 atom stereocenters. The van der Waals surface area contributed by atoms with E-state index in [0.29, 0.717) is 6.54 Å². The minimum absolute atomic E-state index is 0. The second kappa shape index (κ2) is 11.3. The highest BCUT2D eigenvalue weighted by Gasteiger charge is 2.01. The summed E-state index contributed by atoms with van der Waals surface area (Å²) in [5.74, 6) is 1.62. The van der Waals surface area contributed by atoms with Crippen LogP contribution < -0.4 is 10.6 Å². The predicted molar refractivity (Wildman–Crippen MR) is 120 cm³/mol. The number of benzene rings is 1. The molecule has 0 radical (unpaired) electrons. The number of halogens is 1. The van der Waals surface area contributed by atoms with Gasteiger partial charge in [0.05, 0.1) is 6.54 Å². The van der Waals surface area contributed by atoms with Gasteiger partial charge in [0.15, 0.2) is 11.8 Å². The fourth-order valence-electron chi connectivity index (χ4n) is 2.57. The van der Waals surface area contributed by atoms with Crippen LogP contribution in [0.15, 0.2) is 72.1 Å². The summed E-state index contributed by atoms with van der Waals surface area (Å²) in [5.41, 5.74) is 2.40. The minimum Gasteiger partial charge on any atom is -0.357 e. The van der Waals surface area contributed by atoms with Crippen LogP contribution in [-0.4, -0.2) is 33.8 Å². The maximum absolute atomic E-state index is 4.67. The van der Waals surface area contributed by atoms with Crippen molar-refractivity contribution >= 4 is 29.9 Å². The summed E-state index contributed by atoms with van der Waals surface area (Å²) in [5, 5.41) is 10.9. The lowest BCUT2D eigenvalue weighted by molar-refractivity contribution is 0.798. The van der Waals surface area contributed by atoms with Crippen LogP contribution in [0.3, 0.4) is 0 Å². The van der Waals surface area contributed by atoms with E-state index in [2.05, 4.69) is 56.9 Å². The number of aromatic nitrogens is 3. The molecule has 3 aromatic rings. The number of nitrogens with zero attached hydrogens (tertiary/aromatic N) is 4. The van der Waals surface area contributed by atoms with Gasteiger partial charge in [0.25, 0.3) is 0 Å². The number of pyridine rings is 1. The van der Waals surface area contributed by atoms with Crippen LogP contribution in [0.5, 0.6) is 0 Å². The van der Waals surface area contributed by atoms with E-state index >= 15 is 0 Å². The highest BCUT2D eigenvalue weighted by atomic mass is 127. The Morgan fingerprint density at radius 3 is 2.63 bits per heavy atom. The van der Waals surface area contributed by atoms with Gasteiger partial charge in [-0.15, -0.1) is 24.0 Å². The third-order valence-electron chi connectivity index (χ3n) is 3.86. The average molecular weight is 476 g/mol. The number of nitrogens with one attached hydrogen (secondary N) is 2. The molecule has 0 aliphatic heterocycles. The SMILES string of the molecule is CCNC(=NCc1ccnc(-n2cccn2)c1)NCCc1ccccc1.I. The Kier molecular flexibility index (Phi) is 8.76. The molecule has 0 aliphatic rings. The third-order valence-corrected chi connectivity index (χ3v) is 3.86. The zero-order valence-electron chi connectivity index (χ0n) is 15.4. The summed E-state index contributed by atoms with van der Waals surface area (Å²) < 4.78 is 1.75. The molecule has 0 amide bonds. The summed E-state index contributed by atoms with van der Waals surface area (Å²) in [6.07, 6.45) is 6.37. The fraction of sp³-hybridized carbons (Fsp3) is 0.250. The van der Waals surface area contributed by atoms with Crippen molar-refractivity contribution in [3.8, 4) is 5.82 Å². The van der Waals surface area contributed by atoms with Crippen LogP contribution in [0.2, 0.25) is 0 Å². The molecular formula is C20H25IN6. The maximum Gasteiger partial charge on any atom is 0.191 e. The zero-order chi connectivity index (χ0) is 18.0. The van der Waals surface area contributed by atoms with E-state index < -0.39 is 0 Å². The zero-order valence-corrected chi connectivity index (χ0v) is 17.7. The molecule has 0 saturated heterocycles. The first kappa shape index (κ1) is 20.9. The molecule has 2 aromatic heterocycles. The van der Waals surface area contributed by atoms with Gasteiger partial charge >= 0.3 is 0 Å².